The number of rotatable bonds is 3. The summed E-state index contributed by atoms with van der Waals surface area (Å²) < 4.78 is 0. The van der Waals surface area contributed by atoms with Crippen molar-refractivity contribution in [2.75, 3.05) is 5.43 Å². The topological polar surface area (TPSA) is 54.2 Å². The van der Waals surface area contributed by atoms with Gasteiger partial charge in [0, 0.05) is 18.6 Å². The van der Waals surface area contributed by atoms with E-state index in [2.05, 4.69) is 35.2 Å². The lowest BCUT2D eigenvalue weighted by Gasteiger charge is -2.38. The molecule has 2 rings (SSSR count). The largest absolute Gasteiger partial charge is 0.308 e. The Bertz CT molecular complexity index is 356. The number of hydrazine groups is 1. The third-order valence-electron chi connectivity index (χ3n) is 3.68. The highest BCUT2D eigenvalue weighted by Gasteiger charge is 2.24. The monoisotopic (exact) mass is 234 g/mol. The van der Waals surface area contributed by atoms with Crippen LogP contribution >= 0.6 is 0 Å². The van der Waals surface area contributed by atoms with E-state index in [0.29, 0.717) is 12.1 Å². The van der Waals surface area contributed by atoms with Crippen molar-refractivity contribution >= 4 is 5.82 Å². The molecule has 1 saturated heterocycles. The van der Waals surface area contributed by atoms with Crippen molar-refractivity contribution in [1.29, 1.82) is 0 Å². The average molecular weight is 234 g/mol. The molecule has 4 heteroatoms. The smallest absolute Gasteiger partial charge is 0.140 e. The first-order valence-corrected chi connectivity index (χ1v) is 6.39. The maximum atomic E-state index is 5.38. The minimum Gasteiger partial charge on any atom is -0.308 e. The van der Waals surface area contributed by atoms with E-state index in [9.17, 15) is 0 Å². The van der Waals surface area contributed by atoms with Crippen LogP contribution in [0.5, 0.6) is 0 Å². The maximum Gasteiger partial charge on any atom is 0.140 e. The van der Waals surface area contributed by atoms with Crippen molar-refractivity contribution in [3.63, 3.8) is 0 Å². The number of hydrogen-bond donors (Lipinski definition) is 2. The summed E-state index contributed by atoms with van der Waals surface area (Å²) in [5, 5.41) is 0. The van der Waals surface area contributed by atoms with Gasteiger partial charge in [-0.05, 0) is 38.8 Å². The van der Waals surface area contributed by atoms with Gasteiger partial charge < -0.3 is 5.43 Å². The van der Waals surface area contributed by atoms with Gasteiger partial charge in [0.2, 0.25) is 0 Å². The van der Waals surface area contributed by atoms with Gasteiger partial charge in [-0.1, -0.05) is 12.5 Å². The fourth-order valence-corrected chi connectivity index (χ4v) is 2.62. The average Bonchev–Trinajstić information content (AvgIpc) is 2.34. The van der Waals surface area contributed by atoms with Crippen LogP contribution in [0.1, 0.15) is 38.8 Å². The number of likely N-dealkylation sites (tertiary alicyclic amines) is 1. The van der Waals surface area contributed by atoms with E-state index in [0.717, 1.165) is 18.1 Å². The summed E-state index contributed by atoms with van der Waals surface area (Å²) >= 11 is 0. The van der Waals surface area contributed by atoms with Crippen LogP contribution in [0.25, 0.3) is 0 Å². The first kappa shape index (κ1) is 12.3. The van der Waals surface area contributed by atoms with Crippen LogP contribution in [0, 0.1) is 0 Å². The molecule has 2 atom stereocenters. The summed E-state index contributed by atoms with van der Waals surface area (Å²) in [5.74, 6) is 6.12. The van der Waals surface area contributed by atoms with Crippen LogP contribution < -0.4 is 11.3 Å². The zero-order valence-corrected chi connectivity index (χ0v) is 10.7. The van der Waals surface area contributed by atoms with Crippen LogP contribution in [0.2, 0.25) is 0 Å². The second-order valence-electron chi connectivity index (χ2n) is 4.96. The first-order chi connectivity index (χ1) is 8.20. The Morgan fingerprint density at radius 1 is 1.35 bits per heavy atom. The van der Waals surface area contributed by atoms with Gasteiger partial charge in [-0.3, -0.25) is 4.90 Å². The Morgan fingerprint density at radius 2 is 2.06 bits per heavy atom. The summed E-state index contributed by atoms with van der Waals surface area (Å²) in [6, 6.07) is 7.24. The molecule has 0 spiro atoms. The van der Waals surface area contributed by atoms with E-state index in [1.54, 1.807) is 0 Å². The lowest BCUT2D eigenvalue weighted by Crippen LogP contribution is -2.43. The number of nitrogen functional groups attached to an aromatic ring is 1. The van der Waals surface area contributed by atoms with Crippen molar-refractivity contribution < 1.29 is 0 Å². The Morgan fingerprint density at radius 3 is 2.71 bits per heavy atom. The molecule has 1 fully saturated rings. The van der Waals surface area contributed by atoms with Crippen LogP contribution in [0.4, 0.5) is 5.82 Å². The summed E-state index contributed by atoms with van der Waals surface area (Å²) in [6.07, 6.45) is 3.93. The lowest BCUT2D eigenvalue weighted by atomic mass is 9.97. The molecular formula is C13H22N4. The number of nitrogens with one attached hydrogen (secondary N) is 1. The summed E-state index contributed by atoms with van der Waals surface area (Å²) in [7, 11) is 0. The summed E-state index contributed by atoms with van der Waals surface area (Å²) in [5.41, 5.74) is 3.68. The standard InChI is InChI=1S/C13H22N4/c1-10-5-3-6-11(2)17(10)9-12-7-4-8-13(15-12)16-14/h4,7-8,10-11H,3,5-6,9,14H2,1-2H3,(H,15,16)/t10-,11+. The molecule has 1 aliphatic heterocycles. The highest BCUT2D eigenvalue weighted by Crippen LogP contribution is 2.24. The quantitative estimate of drug-likeness (QED) is 0.621. The van der Waals surface area contributed by atoms with Gasteiger partial charge in [-0.15, -0.1) is 0 Å². The molecule has 3 N–H and O–H groups in total. The van der Waals surface area contributed by atoms with Crippen molar-refractivity contribution in [3.8, 4) is 0 Å². The molecule has 2 heterocycles. The summed E-state index contributed by atoms with van der Waals surface area (Å²) in [6.45, 7) is 5.53. The van der Waals surface area contributed by atoms with E-state index in [-0.39, 0.29) is 0 Å². The number of anilines is 1. The van der Waals surface area contributed by atoms with E-state index in [4.69, 9.17) is 5.84 Å². The number of aromatic nitrogens is 1. The van der Waals surface area contributed by atoms with Crippen LogP contribution in [0.3, 0.4) is 0 Å². The SMILES string of the molecule is C[C@@H]1CCC[C@H](C)N1Cc1cccc(NN)n1. The molecule has 17 heavy (non-hydrogen) atoms. The van der Waals surface area contributed by atoms with Gasteiger partial charge >= 0.3 is 0 Å². The fourth-order valence-electron chi connectivity index (χ4n) is 2.62. The van der Waals surface area contributed by atoms with Gasteiger partial charge in [-0.25, -0.2) is 10.8 Å². The van der Waals surface area contributed by atoms with Gasteiger partial charge in [0.1, 0.15) is 5.82 Å². The van der Waals surface area contributed by atoms with E-state index in [1.807, 2.05) is 12.1 Å². The number of hydrogen-bond acceptors (Lipinski definition) is 4. The normalized spacial score (nSPS) is 25.8. The predicted octanol–water partition coefficient (Wildman–Crippen LogP) is 2.13. The van der Waals surface area contributed by atoms with Gasteiger partial charge in [0.25, 0.3) is 0 Å². The second-order valence-corrected chi connectivity index (χ2v) is 4.96. The van der Waals surface area contributed by atoms with Crippen molar-refractivity contribution in [1.82, 2.24) is 9.88 Å². The molecule has 1 aromatic rings. The van der Waals surface area contributed by atoms with Gasteiger partial charge in [-0.2, -0.15) is 0 Å². The molecule has 1 aromatic heterocycles. The number of pyridine rings is 1. The third kappa shape index (κ3) is 2.96. The van der Waals surface area contributed by atoms with Crippen molar-refractivity contribution in [3.05, 3.63) is 23.9 Å². The number of nitrogens with zero attached hydrogens (tertiary/aromatic N) is 2. The van der Waals surface area contributed by atoms with Crippen LogP contribution in [0.15, 0.2) is 18.2 Å². The maximum absolute atomic E-state index is 5.38. The Labute approximate surface area is 103 Å². The molecule has 0 bridgehead atoms. The van der Waals surface area contributed by atoms with E-state index < -0.39 is 0 Å². The molecule has 0 radical (unpaired) electrons. The minimum atomic E-state index is 0.648. The lowest BCUT2D eigenvalue weighted by molar-refractivity contribution is 0.0939. The molecule has 1 aliphatic rings. The van der Waals surface area contributed by atoms with Gasteiger partial charge in [0.05, 0.1) is 5.69 Å². The minimum absolute atomic E-state index is 0.648. The molecule has 0 saturated carbocycles. The molecule has 4 nitrogen and oxygen atoms in total. The summed E-state index contributed by atoms with van der Waals surface area (Å²) in [4.78, 5) is 7.01. The zero-order chi connectivity index (χ0) is 12.3. The van der Waals surface area contributed by atoms with Crippen LogP contribution in [-0.2, 0) is 6.54 Å². The zero-order valence-electron chi connectivity index (χ0n) is 10.7. The van der Waals surface area contributed by atoms with Crippen molar-refractivity contribution in [2.45, 2.75) is 51.7 Å². The molecule has 0 aliphatic carbocycles. The molecule has 94 valence electrons. The molecule has 0 aromatic carbocycles. The Kier molecular flexibility index (Phi) is 3.97. The number of piperidine rings is 1. The highest BCUT2D eigenvalue weighted by atomic mass is 15.3. The van der Waals surface area contributed by atoms with Crippen LogP contribution in [-0.4, -0.2) is 22.0 Å². The Balaban J connectivity index is 2.07. The highest BCUT2D eigenvalue weighted by molar-refractivity contribution is 5.33. The third-order valence-corrected chi connectivity index (χ3v) is 3.68. The molecular weight excluding hydrogens is 212 g/mol. The predicted molar refractivity (Wildman–Crippen MR) is 70.4 cm³/mol. The van der Waals surface area contributed by atoms with E-state index >= 15 is 0 Å². The molecule has 0 amide bonds. The first-order valence-electron chi connectivity index (χ1n) is 6.39. The molecule has 0 unspecified atom stereocenters. The second kappa shape index (κ2) is 5.47. The number of nitrogens with two attached hydrogens (primary N) is 1. The Hall–Kier alpha value is -1.13. The van der Waals surface area contributed by atoms with E-state index in [1.165, 1.54) is 19.3 Å². The van der Waals surface area contributed by atoms with Gasteiger partial charge in [0.15, 0.2) is 0 Å². The van der Waals surface area contributed by atoms with Crippen molar-refractivity contribution in [2.24, 2.45) is 5.84 Å². The fraction of sp³-hybridized carbons (Fsp3) is 0.615.